The number of benzene rings is 2. The number of ketones is 1. The molecule has 122 valence electrons. The van der Waals surface area contributed by atoms with E-state index in [0.717, 1.165) is 43.5 Å². The van der Waals surface area contributed by atoms with Crippen molar-refractivity contribution in [3.63, 3.8) is 0 Å². The number of rotatable bonds is 1. The summed E-state index contributed by atoms with van der Waals surface area (Å²) in [6, 6.07) is 9.37. The van der Waals surface area contributed by atoms with E-state index in [1.165, 1.54) is 0 Å². The zero-order chi connectivity index (χ0) is 17.2. The van der Waals surface area contributed by atoms with Crippen LogP contribution >= 0.6 is 15.9 Å². The molecule has 3 N–H and O–H groups in total. The summed E-state index contributed by atoms with van der Waals surface area (Å²) in [5, 5.41) is 0.894. The van der Waals surface area contributed by atoms with Crippen LogP contribution in [0.4, 0.5) is 5.69 Å². The third-order valence-corrected chi connectivity index (χ3v) is 5.79. The van der Waals surface area contributed by atoms with Crippen LogP contribution in [0.2, 0.25) is 0 Å². The Labute approximate surface area is 148 Å². The van der Waals surface area contributed by atoms with Crippen molar-refractivity contribution in [1.29, 1.82) is 0 Å². The maximum atomic E-state index is 13.2. The van der Waals surface area contributed by atoms with E-state index >= 15 is 0 Å². The maximum Gasteiger partial charge on any atom is 0.195 e. The Morgan fingerprint density at radius 1 is 1.21 bits per heavy atom. The molecule has 24 heavy (non-hydrogen) atoms. The lowest BCUT2D eigenvalue weighted by Gasteiger charge is -2.32. The Kier molecular flexibility index (Phi) is 3.09. The van der Waals surface area contributed by atoms with Gasteiger partial charge in [0, 0.05) is 27.7 Å². The molecule has 1 aliphatic rings. The van der Waals surface area contributed by atoms with Crippen LogP contribution in [0.25, 0.3) is 10.9 Å². The van der Waals surface area contributed by atoms with Crippen molar-refractivity contribution in [2.75, 3.05) is 12.8 Å². The highest BCUT2D eigenvalue weighted by Gasteiger charge is 2.40. The summed E-state index contributed by atoms with van der Waals surface area (Å²) in [5.74, 6) is 0.782. The zero-order valence-electron chi connectivity index (χ0n) is 13.7. The number of methoxy groups -OCH3 is 1. The molecule has 0 aliphatic heterocycles. The number of nitrogens with two attached hydrogens (primary N) is 1. The van der Waals surface area contributed by atoms with Gasteiger partial charge in [0.05, 0.1) is 22.7 Å². The first-order valence-electron chi connectivity index (χ1n) is 7.69. The minimum atomic E-state index is -0.347. The van der Waals surface area contributed by atoms with Gasteiger partial charge in [0.1, 0.15) is 5.75 Å². The average molecular weight is 385 g/mol. The lowest BCUT2D eigenvalue weighted by atomic mass is 9.71. The smallest absolute Gasteiger partial charge is 0.195 e. The van der Waals surface area contributed by atoms with E-state index < -0.39 is 0 Å². The zero-order valence-corrected chi connectivity index (χ0v) is 15.2. The van der Waals surface area contributed by atoms with Crippen molar-refractivity contribution in [2.24, 2.45) is 0 Å². The van der Waals surface area contributed by atoms with Crippen LogP contribution in [0.5, 0.6) is 5.75 Å². The number of carbonyl (C=O) groups excluding carboxylic acids is 1. The number of fused-ring (bicyclic) bond motifs is 4. The van der Waals surface area contributed by atoms with Gasteiger partial charge >= 0.3 is 0 Å². The first-order valence-corrected chi connectivity index (χ1v) is 8.49. The van der Waals surface area contributed by atoms with E-state index in [0.29, 0.717) is 5.69 Å². The van der Waals surface area contributed by atoms with Crippen LogP contribution < -0.4 is 10.5 Å². The lowest BCUT2D eigenvalue weighted by molar-refractivity contribution is 0.103. The van der Waals surface area contributed by atoms with E-state index in [2.05, 4.69) is 34.8 Å². The molecule has 1 aliphatic carbocycles. The van der Waals surface area contributed by atoms with Crippen molar-refractivity contribution < 1.29 is 9.53 Å². The fourth-order valence-corrected chi connectivity index (χ4v) is 4.03. The molecule has 0 amide bonds. The molecule has 0 atom stereocenters. The molecular formula is C19H17BrN2O2. The molecule has 4 rings (SSSR count). The van der Waals surface area contributed by atoms with Gasteiger partial charge in [0.2, 0.25) is 0 Å². The van der Waals surface area contributed by atoms with Crippen molar-refractivity contribution in [3.8, 4) is 5.75 Å². The molecule has 0 bridgehead atoms. The van der Waals surface area contributed by atoms with Gasteiger partial charge in [-0.3, -0.25) is 4.79 Å². The number of anilines is 1. The molecule has 2 aromatic carbocycles. The summed E-state index contributed by atoms with van der Waals surface area (Å²) >= 11 is 3.53. The topological polar surface area (TPSA) is 68.1 Å². The molecule has 5 heteroatoms. The summed E-state index contributed by atoms with van der Waals surface area (Å²) in [5.41, 5.74) is 10.5. The normalized spacial score (nSPS) is 15.2. The fourth-order valence-electron chi connectivity index (χ4n) is 3.58. The molecule has 0 saturated carbocycles. The van der Waals surface area contributed by atoms with Crippen LogP contribution in [0.3, 0.4) is 0 Å². The number of carbonyl (C=O) groups is 1. The monoisotopic (exact) mass is 384 g/mol. The highest BCUT2D eigenvalue weighted by atomic mass is 79.9. The first-order chi connectivity index (χ1) is 11.4. The second kappa shape index (κ2) is 4.86. The molecular weight excluding hydrogens is 368 g/mol. The lowest BCUT2D eigenvalue weighted by Crippen LogP contribution is -2.30. The standard InChI is InChI=1S/C19H17BrN2O2/c1-19(2)12-8-9(24-3)4-5-10(12)17(23)14-11-6-7-13(21)15(20)16(11)22-18(14)19/h4-8,22H,21H2,1-3H3. The minimum absolute atomic E-state index is 0.0323. The predicted molar refractivity (Wildman–Crippen MR) is 99.0 cm³/mol. The van der Waals surface area contributed by atoms with Gasteiger partial charge in [-0.2, -0.15) is 0 Å². The number of aromatic nitrogens is 1. The minimum Gasteiger partial charge on any atom is -0.497 e. The van der Waals surface area contributed by atoms with Crippen LogP contribution in [0, 0.1) is 0 Å². The molecule has 0 unspecified atom stereocenters. The molecule has 1 aromatic heterocycles. The number of nitrogens with one attached hydrogen (secondary N) is 1. The summed E-state index contributed by atoms with van der Waals surface area (Å²) in [4.78, 5) is 16.6. The highest BCUT2D eigenvalue weighted by Crippen LogP contribution is 2.46. The number of hydrogen-bond donors (Lipinski definition) is 2. The van der Waals surface area contributed by atoms with Crippen molar-refractivity contribution >= 4 is 38.3 Å². The molecule has 0 spiro atoms. The SMILES string of the molecule is COc1ccc2c(c1)C(C)(C)c1[nH]c3c(Br)c(N)ccc3c1C2=O. The largest absolute Gasteiger partial charge is 0.497 e. The number of halogens is 1. The number of aromatic amines is 1. The third kappa shape index (κ3) is 1.82. The Bertz CT molecular complexity index is 1020. The second-order valence-corrected chi connectivity index (χ2v) is 7.42. The number of nitrogen functional groups attached to an aromatic ring is 1. The second-order valence-electron chi connectivity index (χ2n) is 6.63. The van der Waals surface area contributed by atoms with Crippen LogP contribution in [-0.2, 0) is 5.41 Å². The van der Waals surface area contributed by atoms with E-state index in [4.69, 9.17) is 10.5 Å². The summed E-state index contributed by atoms with van der Waals surface area (Å²) in [6.07, 6.45) is 0. The van der Waals surface area contributed by atoms with E-state index in [-0.39, 0.29) is 11.2 Å². The number of ether oxygens (including phenoxy) is 1. The van der Waals surface area contributed by atoms with Crippen LogP contribution in [-0.4, -0.2) is 17.9 Å². The highest BCUT2D eigenvalue weighted by molar-refractivity contribution is 9.10. The van der Waals surface area contributed by atoms with Gasteiger partial charge in [-0.25, -0.2) is 0 Å². The summed E-state index contributed by atoms with van der Waals surface area (Å²) < 4.78 is 6.14. The van der Waals surface area contributed by atoms with Gasteiger partial charge in [0.15, 0.2) is 5.78 Å². The number of hydrogen-bond acceptors (Lipinski definition) is 3. The Hall–Kier alpha value is -2.27. The maximum absolute atomic E-state index is 13.2. The van der Waals surface area contributed by atoms with E-state index in [1.54, 1.807) is 7.11 Å². The van der Waals surface area contributed by atoms with Gasteiger partial charge in [-0.15, -0.1) is 0 Å². The molecule has 0 fully saturated rings. The average Bonchev–Trinajstić information content (AvgIpc) is 2.97. The van der Waals surface area contributed by atoms with Gasteiger partial charge in [-0.05, 0) is 51.8 Å². The molecule has 0 saturated heterocycles. The van der Waals surface area contributed by atoms with Crippen molar-refractivity contribution in [2.45, 2.75) is 19.3 Å². The Morgan fingerprint density at radius 3 is 2.67 bits per heavy atom. The summed E-state index contributed by atoms with van der Waals surface area (Å²) in [6.45, 7) is 4.23. The first kappa shape index (κ1) is 15.3. The fraction of sp³-hybridized carbons (Fsp3) is 0.211. The van der Waals surface area contributed by atoms with Gasteiger partial charge in [-0.1, -0.05) is 13.8 Å². The van der Waals surface area contributed by atoms with Crippen LogP contribution in [0.1, 0.15) is 41.0 Å². The van der Waals surface area contributed by atoms with Crippen molar-refractivity contribution in [1.82, 2.24) is 4.98 Å². The van der Waals surface area contributed by atoms with E-state index in [1.807, 2.05) is 30.3 Å². The molecule has 3 aromatic rings. The van der Waals surface area contributed by atoms with Gasteiger partial charge in [0.25, 0.3) is 0 Å². The third-order valence-electron chi connectivity index (χ3n) is 4.94. The van der Waals surface area contributed by atoms with Crippen molar-refractivity contribution in [3.05, 3.63) is 57.2 Å². The molecule has 1 heterocycles. The Morgan fingerprint density at radius 2 is 1.96 bits per heavy atom. The number of H-pyrrole nitrogens is 1. The predicted octanol–water partition coefficient (Wildman–Crippen LogP) is 4.39. The van der Waals surface area contributed by atoms with E-state index in [9.17, 15) is 4.79 Å². The van der Waals surface area contributed by atoms with Crippen LogP contribution in [0.15, 0.2) is 34.8 Å². The Balaban J connectivity index is 2.10. The molecule has 4 nitrogen and oxygen atoms in total. The molecule has 0 radical (unpaired) electrons. The summed E-state index contributed by atoms with van der Waals surface area (Å²) in [7, 11) is 1.63. The quantitative estimate of drug-likeness (QED) is 0.611. The van der Waals surface area contributed by atoms with Gasteiger partial charge < -0.3 is 15.5 Å².